The van der Waals surface area contributed by atoms with E-state index in [-0.39, 0.29) is 10.6 Å². The third-order valence-electron chi connectivity index (χ3n) is 2.89. The quantitative estimate of drug-likeness (QED) is 0.797. The van der Waals surface area contributed by atoms with Crippen LogP contribution in [0.15, 0.2) is 30.3 Å². The molecule has 0 atom stereocenters. The molecule has 2 aromatic rings. The maximum absolute atomic E-state index is 13.4. The average molecular weight is 377 g/mol. The second-order valence-electron chi connectivity index (χ2n) is 4.58. The first-order valence-electron chi connectivity index (χ1n) is 6.46. The third-order valence-corrected chi connectivity index (χ3v) is 3.44. The van der Waals surface area contributed by atoms with Crippen molar-refractivity contribution in [1.29, 1.82) is 0 Å². The summed E-state index contributed by atoms with van der Waals surface area (Å²) in [5.41, 5.74) is -0.453. The Kier molecular flexibility index (Phi) is 5.69. The number of halogens is 5. The summed E-state index contributed by atoms with van der Waals surface area (Å²) < 4.78 is 39.3. The predicted molar refractivity (Wildman–Crippen MR) is 83.7 cm³/mol. The summed E-state index contributed by atoms with van der Waals surface area (Å²) in [4.78, 5) is 23.6. The summed E-state index contributed by atoms with van der Waals surface area (Å²) in [5.74, 6) is -6.10. The molecule has 0 heterocycles. The van der Waals surface area contributed by atoms with Crippen LogP contribution >= 0.6 is 23.2 Å². The molecule has 0 aromatic heterocycles. The average Bonchev–Trinajstić information content (AvgIpc) is 2.53. The van der Waals surface area contributed by atoms with Crippen molar-refractivity contribution in [3.05, 3.63) is 63.4 Å². The highest BCUT2D eigenvalue weighted by Crippen LogP contribution is 2.21. The lowest BCUT2D eigenvalue weighted by Gasteiger charge is -2.09. The Bertz CT molecular complexity index is 816. The van der Waals surface area contributed by atoms with Gasteiger partial charge in [-0.1, -0.05) is 23.2 Å². The molecule has 0 saturated carbocycles. The van der Waals surface area contributed by atoms with Gasteiger partial charge in [0.05, 0.1) is 22.8 Å². The molecule has 2 amide bonds. The summed E-state index contributed by atoms with van der Waals surface area (Å²) in [6.07, 6.45) is 0. The van der Waals surface area contributed by atoms with Crippen molar-refractivity contribution >= 4 is 40.7 Å². The Morgan fingerprint density at radius 1 is 1.00 bits per heavy atom. The Hall–Kier alpha value is -2.25. The molecule has 0 spiro atoms. The number of hydrogen-bond donors (Lipinski definition) is 2. The van der Waals surface area contributed by atoms with Gasteiger partial charge in [-0.2, -0.15) is 0 Å². The summed E-state index contributed by atoms with van der Waals surface area (Å²) in [6.45, 7) is -0.532. The Morgan fingerprint density at radius 2 is 1.71 bits per heavy atom. The number of nitrogens with one attached hydrogen (secondary N) is 2. The molecule has 9 heteroatoms. The van der Waals surface area contributed by atoms with Crippen LogP contribution in [0.1, 0.15) is 10.4 Å². The standard InChI is InChI=1S/C15H9Cl2F3N2O2/c16-7-1-2-8(9(17)5-7)15(24)21-6-12(23)22-11-4-3-10(18)13(19)14(11)20/h1-5H,6H2,(H,21,24)(H,22,23). The van der Waals surface area contributed by atoms with Crippen molar-refractivity contribution in [2.45, 2.75) is 0 Å². The smallest absolute Gasteiger partial charge is 0.253 e. The highest BCUT2D eigenvalue weighted by Gasteiger charge is 2.16. The van der Waals surface area contributed by atoms with Crippen LogP contribution in [0.2, 0.25) is 10.0 Å². The molecule has 0 aliphatic heterocycles. The lowest BCUT2D eigenvalue weighted by atomic mass is 10.2. The molecule has 0 aliphatic carbocycles. The van der Waals surface area contributed by atoms with Gasteiger partial charge < -0.3 is 10.6 Å². The molecule has 2 rings (SSSR count). The zero-order valence-corrected chi connectivity index (χ0v) is 13.3. The van der Waals surface area contributed by atoms with Gasteiger partial charge in [0.15, 0.2) is 17.5 Å². The van der Waals surface area contributed by atoms with E-state index in [1.54, 1.807) is 0 Å². The molecule has 4 nitrogen and oxygen atoms in total. The van der Waals surface area contributed by atoms with E-state index >= 15 is 0 Å². The SMILES string of the molecule is O=C(CNC(=O)c1ccc(Cl)cc1Cl)Nc1ccc(F)c(F)c1F. The van der Waals surface area contributed by atoms with Crippen LogP contribution in [0.5, 0.6) is 0 Å². The minimum Gasteiger partial charge on any atom is -0.343 e. The van der Waals surface area contributed by atoms with Crippen LogP contribution in [-0.2, 0) is 4.79 Å². The van der Waals surface area contributed by atoms with Gasteiger partial charge in [0.1, 0.15) is 0 Å². The van der Waals surface area contributed by atoms with E-state index in [0.29, 0.717) is 11.1 Å². The molecular weight excluding hydrogens is 368 g/mol. The van der Waals surface area contributed by atoms with Gasteiger partial charge in [-0.15, -0.1) is 0 Å². The molecule has 24 heavy (non-hydrogen) atoms. The Balaban J connectivity index is 1.98. The fourth-order valence-corrected chi connectivity index (χ4v) is 2.24. The van der Waals surface area contributed by atoms with E-state index < -0.39 is 41.5 Å². The molecule has 2 N–H and O–H groups in total. The number of carbonyl (C=O) groups is 2. The van der Waals surface area contributed by atoms with Crippen LogP contribution in [0.25, 0.3) is 0 Å². The maximum Gasteiger partial charge on any atom is 0.253 e. The van der Waals surface area contributed by atoms with Gasteiger partial charge in [-0.05, 0) is 30.3 Å². The molecule has 0 radical (unpaired) electrons. The van der Waals surface area contributed by atoms with E-state index in [1.807, 2.05) is 5.32 Å². The van der Waals surface area contributed by atoms with Crippen LogP contribution in [-0.4, -0.2) is 18.4 Å². The maximum atomic E-state index is 13.4. The summed E-state index contributed by atoms with van der Waals surface area (Å²) >= 11 is 11.6. The first-order chi connectivity index (χ1) is 11.3. The summed E-state index contributed by atoms with van der Waals surface area (Å²) in [5, 5.41) is 4.70. The highest BCUT2D eigenvalue weighted by atomic mass is 35.5. The zero-order chi connectivity index (χ0) is 17.9. The topological polar surface area (TPSA) is 58.2 Å². The molecular formula is C15H9Cl2F3N2O2. The van der Waals surface area contributed by atoms with Crippen LogP contribution in [0.4, 0.5) is 18.9 Å². The highest BCUT2D eigenvalue weighted by molar-refractivity contribution is 6.36. The van der Waals surface area contributed by atoms with Crippen molar-refractivity contribution in [3.8, 4) is 0 Å². The minimum absolute atomic E-state index is 0.0899. The van der Waals surface area contributed by atoms with Crippen LogP contribution < -0.4 is 10.6 Å². The number of anilines is 1. The molecule has 0 fully saturated rings. The van der Waals surface area contributed by atoms with E-state index in [0.717, 1.165) is 6.07 Å². The second-order valence-corrected chi connectivity index (χ2v) is 5.42. The minimum atomic E-state index is -1.70. The number of hydrogen-bond acceptors (Lipinski definition) is 2. The van der Waals surface area contributed by atoms with Gasteiger partial charge in [0, 0.05) is 5.02 Å². The number of carbonyl (C=O) groups excluding carboxylic acids is 2. The normalized spacial score (nSPS) is 10.4. The Morgan fingerprint density at radius 3 is 2.38 bits per heavy atom. The number of rotatable bonds is 4. The lowest BCUT2D eigenvalue weighted by Crippen LogP contribution is -2.33. The zero-order valence-electron chi connectivity index (χ0n) is 11.8. The van der Waals surface area contributed by atoms with Crippen LogP contribution in [0.3, 0.4) is 0 Å². The molecule has 126 valence electrons. The van der Waals surface area contributed by atoms with Crippen molar-refractivity contribution in [2.75, 3.05) is 11.9 Å². The fraction of sp³-hybridized carbons (Fsp3) is 0.0667. The largest absolute Gasteiger partial charge is 0.343 e. The molecule has 2 aromatic carbocycles. The monoisotopic (exact) mass is 376 g/mol. The first-order valence-corrected chi connectivity index (χ1v) is 7.21. The lowest BCUT2D eigenvalue weighted by molar-refractivity contribution is -0.115. The first kappa shape index (κ1) is 18.1. The second kappa shape index (κ2) is 7.55. The van der Waals surface area contributed by atoms with E-state index in [9.17, 15) is 22.8 Å². The molecule has 0 saturated heterocycles. The van der Waals surface area contributed by atoms with Gasteiger partial charge in [0.2, 0.25) is 5.91 Å². The predicted octanol–water partition coefficient (Wildman–Crippen LogP) is 3.78. The van der Waals surface area contributed by atoms with Crippen molar-refractivity contribution in [3.63, 3.8) is 0 Å². The van der Waals surface area contributed by atoms with Crippen molar-refractivity contribution in [2.24, 2.45) is 0 Å². The number of benzene rings is 2. The van der Waals surface area contributed by atoms with Gasteiger partial charge in [0.25, 0.3) is 5.91 Å². The van der Waals surface area contributed by atoms with Crippen molar-refractivity contribution < 1.29 is 22.8 Å². The van der Waals surface area contributed by atoms with Crippen LogP contribution in [0, 0.1) is 17.5 Å². The van der Waals surface area contributed by atoms with Crippen molar-refractivity contribution in [1.82, 2.24) is 5.32 Å². The third kappa shape index (κ3) is 4.18. The van der Waals surface area contributed by atoms with E-state index in [1.165, 1.54) is 18.2 Å². The van der Waals surface area contributed by atoms with E-state index in [4.69, 9.17) is 23.2 Å². The summed E-state index contributed by atoms with van der Waals surface area (Å²) in [7, 11) is 0. The molecule has 0 unspecified atom stereocenters. The fourth-order valence-electron chi connectivity index (χ4n) is 1.75. The number of amides is 2. The molecule has 0 aliphatic rings. The molecule has 0 bridgehead atoms. The van der Waals surface area contributed by atoms with Gasteiger partial charge in [-0.3, -0.25) is 9.59 Å². The summed E-state index contributed by atoms with van der Waals surface area (Å²) in [6, 6.07) is 5.70. The van der Waals surface area contributed by atoms with Gasteiger partial charge in [-0.25, -0.2) is 13.2 Å². The van der Waals surface area contributed by atoms with E-state index in [2.05, 4.69) is 5.32 Å². The van der Waals surface area contributed by atoms with Gasteiger partial charge >= 0.3 is 0 Å². The Labute approximate surface area is 144 Å².